The van der Waals surface area contributed by atoms with Crippen LogP contribution in [0.4, 0.5) is 4.39 Å². The van der Waals surface area contributed by atoms with Gasteiger partial charge >= 0.3 is 0 Å². The van der Waals surface area contributed by atoms with Crippen molar-refractivity contribution in [2.45, 2.75) is 12.5 Å². The van der Waals surface area contributed by atoms with Gasteiger partial charge < -0.3 is 5.32 Å². The number of nitrogens with one attached hydrogen (secondary N) is 1. The van der Waals surface area contributed by atoms with Gasteiger partial charge in [-0.2, -0.15) is 0 Å². The molecule has 2 heterocycles. The third-order valence-corrected chi connectivity index (χ3v) is 1.56. The van der Waals surface area contributed by atoms with Crippen LogP contribution in [0.25, 0.3) is 0 Å². The van der Waals surface area contributed by atoms with Gasteiger partial charge in [-0.1, -0.05) is 0 Å². The van der Waals surface area contributed by atoms with E-state index in [9.17, 15) is 4.39 Å². The number of hydrogen-bond acceptors (Lipinski definition) is 1. The monoisotopic (exact) mass is 111 g/mol. The van der Waals surface area contributed by atoms with E-state index in [1.54, 1.807) is 6.08 Å². The minimum atomic E-state index is -0.0278. The fraction of sp³-hybridized carbons (Fsp3) is 0.333. The molecule has 0 saturated carbocycles. The maximum absolute atomic E-state index is 12.4. The van der Waals surface area contributed by atoms with E-state index in [0.29, 0.717) is 0 Å². The second-order valence-electron chi connectivity index (χ2n) is 2.14. The first kappa shape index (κ1) is 4.13. The second-order valence-corrected chi connectivity index (χ2v) is 2.14. The average molecular weight is 111 g/mol. The van der Waals surface area contributed by atoms with Gasteiger partial charge in [0.2, 0.25) is 0 Å². The van der Waals surface area contributed by atoms with E-state index >= 15 is 0 Å². The Labute approximate surface area is 46.9 Å². The van der Waals surface area contributed by atoms with Gasteiger partial charge in [0.1, 0.15) is 5.83 Å². The molecule has 0 aromatic heterocycles. The molecule has 0 radical (unpaired) electrons. The summed E-state index contributed by atoms with van der Waals surface area (Å²) < 4.78 is 12.4. The van der Waals surface area contributed by atoms with Gasteiger partial charge in [-0.3, -0.25) is 0 Å². The van der Waals surface area contributed by atoms with Crippen LogP contribution in [0.1, 0.15) is 6.42 Å². The summed E-state index contributed by atoms with van der Waals surface area (Å²) >= 11 is 0. The largest absolute Gasteiger partial charge is 0.379 e. The van der Waals surface area contributed by atoms with Crippen LogP contribution in [0, 0.1) is 0 Å². The maximum atomic E-state index is 12.4. The van der Waals surface area contributed by atoms with Gasteiger partial charge in [0, 0.05) is 12.1 Å². The Hall–Kier alpha value is -0.790. The molecule has 2 bridgehead atoms. The summed E-state index contributed by atoms with van der Waals surface area (Å²) in [7, 11) is 0. The van der Waals surface area contributed by atoms with Crippen molar-refractivity contribution >= 4 is 0 Å². The van der Waals surface area contributed by atoms with Crippen LogP contribution in [-0.4, -0.2) is 6.04 Å². The van der Waals surface area contributed by atoms with Gasteiger partial charge in [-0.25, -0.2) is 4.39 Å². The lowest BCUT2D eigenvalue weighted by atomic mass is 9.96. The molecule has 1 N–H and O–H groups in total. The molecule has 3 aliphatic rings. The van der Waals surface area contributed by atoms with Crippen LogP contribution in [0.3, 0.4) is 0 Å². The number of hydrogen-bond donors (Lipinski definition) is 1. The van der Waals surface area contributed by atoms with Crippen molar-refractivity contribution in [3.8, 4) is 0 Å². The third kappa shape index (κ3) is 0.351. The van der Waals surface area contributed by atoms with Crippen molar-refractivity contribution < 1.29 is 4.39 Å². The van der Waals surface area contributed by atoms with Crippen molar-refractivity contribution in [2.24, 2.45) is 0 Å². The molecule has 42 valence electrons. The predicted octanol–water partition coefficient (Wildman–Crippen LogP) is 1.10. The molecular weight excluding hydrogens is 105 g/mol. The fourth-order valence-corrected chi connectivity index (χ4v) is 1.00. The summed E-state index contributed by atoms with van der Waals surface area (Å²) in [6, 6.07) is 0.0231. The highest BCUT2D eigenvalue weighted by Crippen LogP contribution is 2.27. The van der Waals surface area contributed by atoms with Crippen LogP contribution in [0.15, 0.2) is 23.7 Å². The molecule has 1 fully saturated rings. The SMILES string of the molecule is FC1=CC=C2CC1N2. The first-order valence-electron chi connectivity index (χ1n) is 2.69. The molecule has 1 unspecified atom stereocenters. The predicted molar refractivity (Wildman–Crippen MR) is 28.8 cm³/mol. The normalized spacial score (nSPS) is 31.9. The summed E-state index contributed by atoms with van der Waals surface area (Å²) in [4.78, 5) is 0. The van der Waals surface area contributed by atoms with E-state index in [1.807, 2.05) is 0 Å². The molecule has 2 heteroatoms. The van der Waals surface area contributed by atoms with Gasteiger partial charge in [0.25, 0.3) is 0 Å². The zero-order valence-electron chi connectivity index (χ0n) is 4.32. The van der Waals surface area contributed by atoms with Crippen molar-refractivity contribution in [3.63, 3.8) is 0 Å². The molecule has 1 atom stereocenters. The smallest absolute Gasteiger partial charge is 0.123 e. The summed E-state index contributed by atoms with van der Waals surface area (Å²) in [5.41, 5.74) is 1.16. The topological polar surface area (TPSA) is 12.0 Å². The van der Waals surface area contributed by atoms with Crippen molar-refractivity contribution in [1.29, 1.82) is 0 Å². The number of rotatable bonds is 0. The number of dihydropyridines is 1. The fourth-order valence-electron chi connectivity index (χ4n) is 1.00. The molecule has 8 heavy (non-hydrogen) atoms. The number of allylic oxidation sites excluding steroid dienone is 2. The van der Waals surface area contributed by atoms with E-state index in [1.165, 1.54) is 6.08 Å². The van der Waals surface area contributed by atoms with Crippen molar-refractivity contribution in [2.75, 3.05) is 0 Å². The summed E-state index contributed by atoms with van der Waals surface area (Å²) in [5.74, 6) is -0.0278. The van der Waals surface area contributed by atoms with Crippen LogP contribution >= 0.6 is 0 Å². The molecule has 1 nitrogen and oxygen atoms in total. The first-order chi connectivity index (χ1) is 3.86. The maximum Gasteiger partial charge on any atom is 0.123 e. The Morgan fingerprint density at radius 2 is 2.38 bits per heavy atom. The Morgan fingerprint density at radius 3 is 2.62 bits per heavy atom. The molecule has 0 aromatic rings. The van der Waals surface area contributed by atoms with Crippen molar-refractivity contribution in [1.82, 2.24) is 5.32 Å². The van der Waals surface area contributed by atoms with Gasteiger partial charge in [0.15, 0.2) is 0 Å². The van der Waals surface area contributed by atoms with Crippen LogP contribution in [0.5, 0.6) is 0 Å². The Bertz CT molecular complexity index is 173. The lowest BCUT2D eigenvalue weighted by molar-refractivity contribution is 0.406. The lowest BCUT2D eigenvalue weighted by Gasteiger charge is -2.33. The van der Waals surface area contributed by atoms with Crippen LogP contribution in [0.2, 0.25) is 0 Å². The molecular formula is C6H6FN. The summed E-state index contributed by atoms with van der Waals surface area (Å²) in [6.45, 7) is 0. The van der Waals surface area contributed by atoms with E-state index in [2.05, 4.69) is 5.32 Å². The molecule has 0 amide bonds. The van der Waals surface area contributed by atoms with Crippen molar-refractivity contribution in [3.05, 3.63) is 23.7 Å². The molecule has 0 spiro atoms. The molecule has 1 saturated heterocycles. The van der Waals surface area contributed by atoms with Crippen LogP contribution < -0.4 is 5.32 Å². The zero-order valence-corrected chi connectivity index (χ0v) is 4.32. The van der Waals surface area contributed by atoms with Crippen LogP contribution in [-0.2, 0) is 0 Å². The second kappa shape index (κ2) is 1.13. The molecule has 2 aliphatic heterocycles. The highest BCUT2D eigenvalue weighted by Gasteiger charge is 2.28. The number of fused-ring (bicyclic) bond motifs is 1. The third-order valence-electron chi connectivity index (χ3n) is 1.56. The minimum absolute atomic E-state index is 0.0231. The highest BCUT2D eigenvalue weighted by molar-refractivity contribution is 5.32. The molecule has 1 aliphatic carbocycles. The quantitative estimate of drug-likeness (QED) is 0.493. The summed E-state index contributed by atoms with van der Waals surface area (Å²) in [5, 5.41) is 2.95. The Morgan fingerprint density at radius 1 is 1.62 bits per heavy atom. The zero-order chi connectivity index (χ0) is 5.56. The summed E-state index contributed by atoms with van der Waals surface area (Å²) in [6.07, 6.45) is 4.19. The van der Waals surface area contributed by atoms with E-state index in [0.717, 1.165) is 12.1 Å². The van der Waals surface area contributed by atoms with Gasteiger partial charge in [0.05, 0.1) is 6.04 Å². The minimum Gasteiger partial charge on any atom is -0.379 e. The highest BCUT2D eigenvalue weighted by atomic mass is 19.1. The first-order valence-corrected chi connectivity index (χ1v) is 2.69. The Balaban J connectivity index is 2.36. The van der Waals surface area contributed by atoms with Gasteiger partial charge in [-0.15, -0.1) is 0 Å². The average Bonchev–Trinajstić information content (AvgIpc) is 1.62. The standard InChI is InChI=1S/C6H6FN/c7-5-2-1-4-3-6(5)8-4/h1-2,6,8H,3H2. The van der Waals surface area contributed by atoms with Gasteiger partial charge in [-0.05, 0) is 12.2 Å². The molecule has 3 rings (SSSR count). The lowest BCUT2D eigenvalue weighted by Crippen LogP contribution is -2.42. The number of halogens is 1. The van der Waals surface area contributed by atoms with E-state index < -0.39 is 0 Å². The molecule has 0 aromatic carbocycles. The van der Waals surface area contributed by atoms with E-state index in [4.69, 9.17) is 0 Å². The van der Waals surface area contributed by atoms with E-state index in [-0.39, 0.29) is 11.9 Å². The Kier molecular flexibility index (Phi) is 0.583.